The molecule has 0 amide bonds. The average molecular weight is 419 g/mol. The van der Waals surface area contributed by atoms with E-state index in [0.717, 1.165) is 12.1 Å². The van der Waals surface area contributed by atoms with Gasteiger partial charge in [-0.1, -0.05) is 18.2 Å². The summed E-state index contributed by atoms with van der Waals surface area (Å²) in [6.07, 6.45) is 0. The molecule has 3 aromatic carbocycles. The fourth-order valence-corrected chi connectivity index (χ4v) is 2.97. The molecular weight excluding hydrogens is 402 g/mol. The molecule has 0 bridgehead atoms. The van der Waals surface area contributed by atoms with Crippen molar-refractivity contribution in [1.29, 1.82) is 0 Å². The van der Waals surface area contributed by atoms with Gasteiger partial charge in [-0.25, -0.2) is 22.4 Å². The van der Waals surface area contributed by atoms with Crippen LogP contribution in [-0.4, -0.2) is 17.7 Å². The molecule has 0 saturated carbocycles. The highest BCUT2D eigenvalue weighted by atomic mass is 19.1. The smallest absolute Gasteiger partial charge is 0.341 e. The Morgan fingerprint density at radius 3 is 2.50 bits per heavy atom. The summed E-state index contributed by atoms with van der Waals surface area (Å²) < 4.78 is 61.9. The molecule has 4 nitrogen and oxygen atoms in total. The number of carbonyl (C=O) groups is 1. The second-order valence-electron chi connectivity index (χ2n) is 6.57. The van der Waals surface area contributed by atoms with E-state index in [1.165, 1.54) is 24.3 Å². The third-order valence-corrected chi connectivity index (χ3v) is 4.29. The highest BCUT2D eigenvalue weighted by Gasteiger charge is 2.17. The van der Waals surface area contributed by atoms with Crippen molar-refractivity contribution in [3.05, 3.63) is 82.9 Å². The normalized spacial score (nSPS) is 10.7. The molecular formula is C22H17F4NO3. The number of carboxylic acid groups (broad SMARTS) is 1. The van der Waals surface area contributed by atoms with Crippen LogP contribution < -0.4 is 10.1 Å². The fourth-order valence-electron chi connectivity index (χ4n) is 2.97. The van der Waals surface area contributed by atoms with E-state index < -0.39 is 47.3 Å². The van der Waals surface area contributed by atoms with Gasteiger partial charge in [0.1, 0.15) is 23.1 Å². The van der Waals surface area contributed by atoms with Crippen molar-refractivity contribution >= 4 is 11.7 Å². The number of benzene rings is 3. The van der Waals surface area contributed by atoms with Crippen molar-refractivity contribution < 1.29 is 32.2 Å². The lowest BCUT2D eigenvalue weighted by Crippen LogP contribution is -2.12. The molecule has 0 radical (unpaired) electrons. The SMILES string of the molecule is Cc1cc(CNc2c(F)ccc(OCC(=O)O)c2F)c(F)c(-c2cccc(F)c2)c1. The van der Waals surface area contributed by atoms with Gasteiger partial charge in [0.05, 0.1) is 0 Å². The average Bonchev–Trinajstić information content (AvgIpc) is 2.69. The number of halogens is 4. The summed E-state index contributed by atoms with van der Waals surface area (Å²) in [7, 11) is 0. The minimum absolute atomic E-state index is 0.116. The third kappa shape index (κ3) is 4.71. The van der Waals surface area contributed by atoms with Crippen molar-refractivity contribution in [1.82, 2.24) is 0 Å². The maximum Gasteiger partial charge on any atom is 0.341 e. The van der Waals surface area contributed by atoms with Gasteiger partial charge in [0.2, 0.25) is 0 Å². The quantitative estimate of drug-likeness (QED) is 0.511. The standard InChI is InChI=1S/C22H17F4NO3/c1-12-7-14(20(25)16(8-12)13-3-2-4-15(23)9-13)10-27-22-17(24)5-6-18(21(22)26)30-11-19(28)29/h2-9,27H,10-11H2,1H3,(H,28,29). The molecule has 3 aromatic rings. The van der Waals surface area contributed by atoms with E-state index in [0.29, 0.717) is 11.1 Å². The molecule has 0 heterocycles. The first-order valence-corrected chi connectivity index (χ1v) is 8.87. The molecule has 3 rings (SSSR count). The lowest BCUT2D eigenvalue weighted by molar-refractivity contribution is -0.139. The van der Waals surface area contributed by atoms with Crippen LogP contribution in [0.15, 0.2) is 48.5 Å². The molecule has 0 spiro atoms. The van der Waals surface area contributed by atoms with Gasteiger partial charge in [-0.15, -0.1) is 0 Å². The number of nitrogens with one attached hydrogen (secondary N) is 1. The van der Waals surface area contributed by atoms with Gasteiger partial charge in [-0.2, -0.15) is 0 Å². The Labute approximate surface area is 169 Å². The van der Waals surface area contributed by atoms with Crippen LogP contribution >= 0.6 is 0 Å². The Kier molecular flexibility index (Phi) is 6.25. The van der Waals surface area contributed by atoms with E-state index in [-0.39, 0.29) is 17.7 Å². The summed E-state index contributed by atoms with van der Waals surface area (Å²) in [4.78, 5) is 10.6. The van der Waals surface area contributed by atoms with Gasteiger partial charge >= 0.3 is 5.97 Å². The molecule has 156 valence electrons. The van der Waals surface area contributed by atoms with E-state index in [1.807, 2.05) is 0 Å². The maximum absolute atomic E-state index is 15.0. The van der Waals surface area contributed by atoms with Crippen LogP contribution in [0.4, 0.5) is 23.2 Å². The first-order chi connectivity index (χ1) is 14.3. The molecule has 0 fully saturated rings. The van der Waals surface area contributed by atoms with E-state index >= 15 is 4.39 Å². The lowest BCUT2D eigenvalue weighted by Gasteiger charge is -2.14. The number of ether oxygens (including phenoxy) is 1. The van der Waals surface area contributed by atoms with Gasteiger partial charge in [-0.3, -0.25) is 0 Å². The molecule has 0 unspecified atom stereocenters. The van der Waals surface area contributed by atoms with Crippen molar-refractivity contribution in [2.24, 2.45) is 0 Å². The molecule has 0 aromatic heterocycles. The molecule has 0 atom stereocenters. The number of hydrogen-bond acceptors (Lipinski definition) is 3. The molecule has 0 aliphatic heterocycles. The topological polar surface area (TPSA) is 58.6 Å². The summed E-state index contributed by atoms with van der Waals surface area (Å²) >= 11 is 0. The van der Waals surface area contributed by atoms with Crippen LogP contribution in [0.1, 0.15) is 11.1 Å². The summed E-state index contributed by atoms with van der Waals surface area (Å²) in [5, 5.41) is 11.1. The predicted molar refractivity (Wildman–Crippen MR) is 103 cm³/mol. The Morgan fingerprint density at radius 2 is 1.80 bits per heavy atom. The Hall–Kier alpha value is -3.55. The number of carboxylic acids is 1. The van der Waals surface area contributed by atoms with Crippen molar-refractivity contribution in [3.8, 4) is 16.9 Å². The zero-order valence-electron chi connectivity index (χ0n) is 15.8. The number of rotatable bonds is 7. The predicted octanol–water partition coefficient (Wildman–Crippen LogP) is 5.29. The monoisotopic (exact) mass is 419 g/mol. The molecule has 0 aliphatic rings. The Balaban J connectivity index is 1.89. The third-order valence-electron chi connectivity index (χ3n) is 4.29. The molecule has 2 N–H and O–H groups in total. The van der Waals surface area contributed by atoms with Crippen LogP contribution in [0.25, 0.3) is 11.1 Å². The largest absolute Gasteiger partial charge is 0.479 e. The van der Waals surface area contributed by atoms with Gasteiger partial charge in [-0.05, 0) is 48.4 Å². The Morgan fingerprint density at radius 1 is 1.03 bits per heavy atom. The van der Waals surface area contributed by atoms with E-state index in [2.05, 4.69) is 5.32 Å². The highest BCUT2D eigenvalue weighted by Crippen LogP contribution is 2.30. The van der Waals surface area contributed by atoms with Crippen molar-refractivity contribution in [2.45, 2.75) is 13.5 Å². The molecule has 0 aliphatic carbocycles. The summed E-state index contributed by atoms with van der Waals surface area (Å²) in [5.41, 5.74) is 0.702. The van der Waals surface area contributed by atoms with Crippen molar-refractivity contribution in [3.63, 3.8) is 0 Å². The number of aliphatic carboxylic acids is 1. The van der Waals surface area contributed by atoms with Crippen LogP contribution in [0.3, 0.4) is 0 Å². The Bertz CT molecular complexity index is 1100. The second kappa shape index (κ2) is 8.86. The number of aryl methyl sites for hydroxylation is 1. The van der Waals surface area contributed by atoms with E-state index in [9.17, 15) is 18.0 Å². The van der Waals surface area contributed by atoms with Gasteiger partial charge in [0, 0.05) is 17.7 Å². The van der Waals surface area contributed by atoms with Crippen LogP contribution in [0, 0.1) is 30.2 Å². The minimum Gasteiger partial charge on any atom is -0.479 e. The zero-order chi connectivity index (χ0) is 21.8. The fraction of sp³-hybridized carbons (Fsp3) is 0.136. The zero-order valence-corrected chi connectivity index (χ0v) is 15.8. The maximum atomic E-state index is 15.0. The molecule has 30 heavy (non-hydrogen) atoms. The molecule has 0 saturated heterocycles. The van der Waals surface area contributed by atoms with Gasteiger partial charge in [0.25, 0.3) is 0 Å². The van der Waals surface area contributed by atoms with Crippen molar-refractivity contribution in [2.75, 3.05) is 11.9 Å². The lowest BCUT2D eigenvalue weighted by atomic mass is 9.99. The van der Waals surface area contributed by atoms with E-state index in [4.69, 9.17) is 9.84 Å². The first-order valence-electron chi connectivity index (χ1n) is 8.87. The minimum atomic E-state index is -1.32. The van der Waals surface area contributed by atoms with E-state index in [1.54, 1.807) is 19.1 Å². The van der Waals surface area contributed by atoms with Crippen LogP contribution in [-0.2, 0) is 11.3 Å². The van der Waals surface area contributed by atoms with Crippen LogP contribution in [0.5, 0.6) is 5.75 Å². The van der Waals surface area contributed by atoms with Gasteiger partial charge < -0.3 is 15.2 Å². The second-order valence-corrected chi connectivity index (χ2v) is 6.57. The summed E-state index contributed by atoms with van der Waals surface area (Å²) in [6.45, 7) is 0.644. The number of hydrogen-bond donors (Lipinski definition) is 2. The van der Waals surface area contributed by atoms with Gasteiger partial charge in [0.15, 0.2) is 18.2 Å². The number of anilines is 1. The summed E-state index contributed by atoms with van der Waals surface area (Å²) in [6, 6.07) is 10.4. The highest BCUT2D eigenvalue weighted by molar-refractivity contribution is 5.69. The molecule has 8 heteroatoms. The first kappa shape index (κ1) is 21.2. The van der Waals surface area contributed by atoms with Crippen LogP contribution in [0.2, 0.25) is 0 Å². The summed E-state index contributed by atoms with van der Waals surface area (Å²) in [5.74, 6) is -5.03.